The highest BCUT2D eigenvalue weighted by Crippen LogP contribution is 2.27. The van der Waals surface area contributed by atoms with Crippen molar-refractivity contribution >= 4 is 51.1 Å². The summed E-state index contributed by atoms with van der Waals surface area (Å²) in [6.45, 7) is 7.21. The van der Waals surface area contributed by atoms with Crippen molar-refractivity contribution in [3.05, 3.63) is 34.3 Å². The molecule has 8 nitrogen and oxygen atoms in total. The Hall–Kier alpha value is -2.20. The van der Waals surface area contributed by atoms with Gasteiger partial charge in [-0.1, -0.05) is 39.8 Å². The number of carbonyl (C=O) groups is 1. The third-order valence-corrected chi connectivity index (χ3v) is 5.27. The highest BCUT2D eigenvalue weighted by Gasteiger charge is 2.21. The number of Topliss-reactive ketones (excluding diaryl/α,β-unsaturated/α-hetero) is 1. The third-order valence-electron chi connectivity index (χ3n) is 3.70. The van der Waals surface area contributed by atoms with Crippen molar-refractivity contribution in [1.82, 2.24) is 24.6 Å². The molecule has 2 N–H and O–H groups in total. The first kappa shape index (κ1) is 19.6. The molecule has 2 heterocycles. The molecule has 3 rings (SSSR count). The lowest BCUT2D eigenvalue weighted by molar-refractivity contribution is 0.0994. The third kappa shape index (κ3) is 4.38. The first-order valence-corrected chi connectivity index (χ1v) is 10.3. The van der Waals surface area contributed by atoms with Crippen LogP contribution in [0.5, 0.6) is 0 Å². The standard InChI is InChI=1S/C17H20BrN7OS/c1-4-19-14-21-15(20-5-2)25-16(22-14)23-24-17(25)27-10(3)13(26)11-6-8-12(18)9-7-11/h6-10H,4-5H2,1-3H3,(H2,19,20,21,22,23)/t10-/m1/s1. The fraction of sp³-hybridized carbons (Fsp3) is 0.353. The van der Waals surface area contributed by atoms with Gasteiger partial charge in [0, 0.05) is 23.1 Å². The molecule has 0 aliphatic carbocycles. The number of nitrogens with one attached hydrogen (secondary N) is 2. The lowest BCUT2D eigenvalue weighted by Crippen LogP contribution is -2.15. The van der Waals surface area contributed by atoms with Crippen LogP contribution >= 0.6 is 27.7 Å². The Balaban J connectivity index is 1.89. The van der Waals surface area contributed by atoms with Crippen LogP contribution in [0.3, 0.4) is 0 Å². The maximum absolute atomic E-state index is 12.7. The zero-order valence-corrected chi connectivity index (χ0v) is 17.6. The van der Waals surface area contributed by atoms with E-state index in [1.807, 2.05) is 32.9 Å². The molecule has 0 saturated carbocycles. The molecule has 3 aromatic rings. The molecular formula is C17H20BrN7OS. The molecule has 2 aromatic heterocycles. The number of hydrogen-bond donors (Lipinski definition) is 2. The minimum atomic E-state index is -0.332. The van der Waals surface area contributed by atoms with Gasteiger partial charge in [-0.05, 0) is 32.9 Å². The van der Waals surface area contributed by atoms with Gasteiger partial charge in [0.05, 0.1) is 5.25 Å². The first-order chi connectivity index (χ1) is 13.0. The zero-order chi connectivity index (χ0) is 19.4. The number of halogens is 1. The Bertz CT molecular complexity index is 944. The van der Waals surface area contributed by atoms with Crippen LogP contribution in [-0.4, -0.2) is 48.7 Å². The smallest absolute Gasteiger partial charge is 0.261 e. The fourth-order valence-corrected chi connectivity index (χ4v) is 3.63. The predicted molar refractivity (Wildman–Crippen MR) is 111 cm³/mol. The van der Waals surface area contributed by atoms with Crippen LogP contribution in [0.4, 0.5) is 11.9 Å². The molecule has 142 valence electrons. The van der Waals surface area contributed by atoms with E-state index >= 15 is 0 Å². The van der Waals surface area contributed by atoms with Gasteiger partial charge in [0.2, 0.25) is 11.9 Å². The number of benzene rings is 1. The van der Waals surface area contributed by atoms with E-state index < -0.39 is 0 Å². The summed E-state index contributed by atoms with van der Waals surface area (Å²) in [5.74, 6) is 1.54. The number of thioether (sulfide) groups is 1. The molecule has 1 aromatic carbocycles. The molecule has 10 heteroatoms. The number of ketones is 1. The summed E-state index contributed by atoms with van der Waals surface area (Å²) >= 11 is 4.72. The normalized spacial score (nSPS) is 12.1. The van der Waals surface area contributed by atoms with E-state index in [4.69, 9.17) is 0 Å². The number of carbonyl (C=O) groups excluding carboxylic acids is 1. The number of anilines is 2. The molecule has 0 amide bonds. The monoisotopic (exact) mass is 449 g/mol. The number of rotatable bonds is 8. The van der Waals surface area contributed by atoms with Crippen LogP contribution in [0.1, 0.15) is 31.1 Å². The van der Waals surface area contributed by atoms with Crippen molar-refractivity contribution < 1.29 is 4.79 Å². The number of nitrogens with zero attached hydrogens (tertiary/aromatic N) is 5. The second kappa shape index (κ2) is 8.66. The molecule has 0 bridgehead atoms. The fourth-order valence-electron chi connectivity index (χ4n) is 2.44. The van der Waals surface area contributed by atoms with Crippen molar-refractivity contribution in [1.29, 1.82) is 0 Å². The molecule has 1 atom stereocenters. The maximum atomic E-state index is 12.7. The van der Waals surface area contributed by atoms with Gasteiger partial charge in [0.1, 0.15) is 0 Å². The molecule has 0 spiro atoms. The SMILES string of the molecule is CCNc1nc(NCC)n2c(S[C@H](C)C(=O)c3ccc(Br)cc3)nnc2n1. The molecule has 0 radical (unpaired) electrons. The highest BCUT2D eigenvalue weighted by molar-refractivity contribution is 9.10. The summed E-state index contributed by atoms with van der Waals surface area (Å²) in [5.41, 5.74) is 0.657. The van der Waals surface area contributed by atoms with Gasteiger partial charge < -0.3 is 10.6 Å². The van der Waals surface area contributed by atoms with Crippen LogP contribution in [0.2, 0.25) is 0 Å². The molecule has 0 unspecified atom stereocenters. The summed E-state index contributed by atoms with van der Waals surface area (Å²) in [7, 11) is 0. The Kier molecular flexibility index (Phi) is 6.27. The van der Waals surface area contributed by atoms with Crippen LogP contribution < -0.4 is 10.6 Å². The largest absolute Gasteiger partial charge is 0.355 e. The van der Waals surface area contributed by atoms with Crippen LogP contribution in [0, 0.1) is 0 Å². The van der Waals surface area contributed by atoms with E-state index in [-0.39, 0.29) is 11.0 Å². The Morgan fingerprint density at radius 1 is 1.15 bits per heavy atom. The van der Waals surface area contributed by atoms with E-state index in [0.29, 0.717) is 41.5 Å². The van der Waals surface area contributed by atoms with Crippen molar-refractivity contribution in [2.45, 2.75) is 31.2 Å². The van der Waals surface area contributed by atoms with Gasteiger partial charge >= 0.3 is 0 Å². The Morgan fingerprint density at radius 2 is 1.85 bits per heavy atom. The van der Waals surface area contributed by atoms with Gasteiger partial charge in [-0.15, -0.1) is 10.2 Å². The van der Waals surface area contributed by atoms with E-state index in [1.54, 1.807) is 16.5 Å². The Labute approximate surface area is 169 Å². The highest BCUT2D eigenvalue weighted by atomic mass is 79.9. The maximum Gasteiger partial charge on any atom is 0.261 e. The lowest BCUT2D eigenvalue weighted by atomic mass is 10.1. The second-order valence-electron chi connectivity index (χ2n) is 5.68. The van der Waals surface area contributed by atoms with Gasteiger partial charge in [0.15, 0.2) is 10.9 Å². The van der Waals surface area contributed by atoms with Gasteiger partial charge in [-0.2, -0.15) is 9.97 Å². The molecular weight excluding hydrogens is 430 g/mol. The molecule has 0 saturated heterocycles. The number of aromatic nitrogens is 5. The zero-order valence-electron chi connectivity index (χ0n) is 15.2. The summed E-state index contributed by atoms with van der Waals surface area (Å²) in [4.78, 5) is 21.6. The summed E-state index contributed by atoms with van der Waals surface area (Å²) < 4.78 is 2.67. The number of hydrogen-bond acceptors (Lipinski definition) is 8. The number of fused-ring (bicyclic) bond motifs is 1. The minimum Gasteiger partial charge on any atom is -0.355 e. The minimum absolute atomic E-state index is 0.0273. The Morgan fingerprint density at radius 3 is 2.52 bits per heavy atom. The summed E-state index contributed by atoms with van der Waals surface area (Å²) in [6.07, 6.45) is 0. The van der Waals surface area contributed by atoms with E-state index in [1.165, 1.54) is 11.8 Å². The molecule has 0 aliphatic rings. The van der Waals surface area contributed by atoms with Crippen molar-refractivity contribution in [3.63, 3.8) is 0 Å². The molecule has 27 heavy (non-hydrogen) atoms. The van der Waals surface area contributed by atoms with Crippen LogP contribution in [-0.2, 0) is 0 Å². The summed E-state index contributed by atoms with van der Waals surface area (Å²) in [5, 5.41) is 14.9. The topological polar surface area (TPSA) is 97.1 Å². The lowest BCUT2D eigenvalue weighted by Gasteiger charge is -2.12. The van der Waals surface area contributed by atoms with E-state index in [0.717, 1.165) is 4.47 Å². The second-order valence-corrected chi connectivity index (χ2v) is 7.90. The van der Waals surface area contributed by atoms with Gasteiger partial charge in [-0.3, -0.25) is 4.79 Å². The predicted octanol–water partition coefficient (Wildman–Crippen LogP) is 3.51. The quantitative estimate of drug-likeness (QED) is 0.398. The van der Waals surface area contributed by atoms with Crippen molar-refractivity contribution in [3.8, 4) is 0 Å². The van der Waals surface area contributed by atoms with Crippen molar-refractivity contribution in [2.75, 3.05) is 23.7 Å². The molecule has 0 fully saturated rings. The van der Waals surface area contributed by atoms with Crippen LogP contribution in [0.25, 0.3) is 5.78 Å². The molecule has 0 aliphatic heterocycles. The van der Waals surface area contributed by atoms with Gasteiger partial charge in [-0.25, -0.2) is 4.40 Å². The van der Waals surface area contributed by atoms with E-state index in [2.05, 4.69) is 46.7 Å². The first-order valence-electron chi connectivity index (χ1n) is 8.60. The van der Waals surface area contributed by atoms with Crippen molar-refractivity contribution in [2.24, 2.45) is 0 Å². The van der Waals surface area contributed by atoms with Gasteiger partial charge in [0.25, 0.3) is 5.78 Å². The average molecular weight is 450 g/mol. The average Bonchev–Trinajstić information content (AvgIpc) is 3.05. The van der Waals surface area contributed by atoms with E-state index in [9.17, 15) is 4.79 Å². The summed E-state index contributed by atoms with van der Waals surface area (Å²) in [6, 6.07) is 7.33. The van der Waals surface area contributed by atoms with Crippen LogP contribution in [0.15, 0.2) is 33.9 Å².